The summed E-state index contributed by atoms with van der Waals surface area (Å²) in [6.45, 7) is 2.65. The SMILES string of the molecule is COc1nc(-c2cccc(-c3cccc(-c4ccc5c(CNC[C@H]6CCC(=O)N6)cn(C)c5n4)c3Cl)c2Cl)ccc1CNC[C@@H]1CCC(=O)N1. The van der Waals surface area contributed by atoms with Crippen molar-refractivity contribution in [1.29, 1.82) is 0 Å². The van der Waals surface area contributed by atoms with Crippen LogP contribution in [0, 0.1) is 0 Å². The standard InChI is InChI=1S/C38H39Cl2N7O3/c1-47-21-23(18-42-20-25-11-16-34(49)44-25)26-12-14-31(45-37(26)47)29-7-3-5-27(35(29)39)28-6-4-8-30(36(28)40)32-13-9-22(38(46-32)50-2)17-41-19-24-10-15-33(48)43-24/h3-9,12-14,21,24-25,41-42H,10-11,15-20H2,1-2H3,(H,43,48)(H,44,49)/t24-,25+/m0/s1. The average molecular weight is 713 g/mol. The molecule has 2 amide bonds. The van der Waals surface area contributed by atoms with E-state index in [1.807, 2.05) is 66.2 Å². The number of carbonyl (C=O) groups excluding carboxylic acids is 2. The monoisotopic (exact) mass is 711 g/mol. The number of hydrogen-bond acceptors (Lipinski definition) is 7. The van der Waals surface area contributed by atoms with Crippen molar-refractivity contribution < 1.29 is 14.3 Å². The minimum atomic E-state index is 0.102. The minimum Gasteiger partial charge on any atom is -0.481 e. The molecule has 0 aliphatic carbocycles. The molecule has 5 heterocycles. The number of hydrogen-bond donors (Lipinski definition) is 4. The molecule has 0 unspecified atom stereocenters. The number of aryl methyl sites for hydroxylation is 1. The number of amides is 2. The molecule has 10 nitrogen and oxygen atoms in total. The first kappa shape index (κ1) is 34.0. The minimum absolute atomic E-state index is 0.102. The molecule has 3 aromatic heterocycles. The first-order valence-electron chi connectivity index (χ1n) is 16.9. The highest BCUT2D eigenvalue weighted by molar-refractivity contribution is 6.39. The Morgan fingerprint density at radius 3 is 1.86 bits per heavy atom. The third-order valence-corrected chi connectivity index (χ3v) is 10.3. The largest absolute Gasteiger partial charge is 0.481 e. The number of ether oxygens (including phenoxy) is 1. The molecule has 50 heavy (non-hydrogen) atoms. The van der Waals surface area contributed by atoms with Crippen molar-refractivity contribution in [3.05, 3.63) is 88.0 Å². The van der Waals surface area contributed by atoms with Gasteiger partial charge in [-0.3, -0.25) is 9.59 Å². The predicted molar refractivity (Wildman–Crippen MR) is 197 cm³/mol. The molecule has 0 radical (unpaired) electrons. The van der Waals surface area contributed by atoms with Crippen LogP contribution in [0.25, 0.3) is 44.7 Å². The van der Waals surface area contributed by atoms with Gasteiger partial charge in [-0.15, -0.1) is 0 Å². The van der Waals surface area contributed by atoms with Crippen molar-refractivity contribution in [2.24, 2.45) is 7.05 Å². The maximum atomic E-state index is 11.5. The van der Waals surface area contributed by atoms with E-state index in [9.17, 15) is 9.59 Å². The summed E-state index contributed by atoms with van der Waals surface area (Å²) in [5, 5.41) is 15.0. The second-order valence-corrected chi connectivity index (χ2v) is 13.7. The maximum absolute atomic E-state index is 11.5. The number of carbonyl (C=O) groups is 2. The summed E-state index contributed by atoms with van der Waals surface area (Å²) in [5.74, 6) is 0.734. The van der Waals surface area contributed by atoms with E-state index in [0.717, 1.165) is 69.5 Å². The topological polar surface area (TPSA) is 122 Å². The van der Waals surface area contributed by atoms with E-state index >= 15 is 0 Å². The van der Waals surface area contributed by atoms with Gasteiger partial charge in [0.15, 0.2) is 0 Å². The fraction of sp³-hybridized carbons (Fsp3) is 0.316. The summed E-state index contributed by atoms with van der Waals surface area (Å²) in [7, 11) is 3.60. The molecule has 7 rings (SSSR count). The van der Waals surface area contributed by atoms with Crippen LogP contribution in [0.5, 0.6) is 5.88 Å². The van der Waals surface area contributed by atoms with Gasteiger partial charge in [0.1, 0.15) is 5.65 Å². The van der Waals surface area contributed by atoms with Crippen molar-refractivity contribution in [2.45, 2.75) is 50.9 Å². The molecule has 2 fully saturated rings. The number of nitrogens with one attached hydrogen (secondary N) is 4. The second kappa shape index (κ2) is 14.8. The zero-order chi connectivity index (χ0) is 34.8. The van der Waals surface area contributed by atoms with E-state index < -0.39 is 0 Å². The van der Waals surface area contributed by atoms with Gasteiger partial charge in [-0.1, -0.05) is 65.7 Å². The molecule has 258 valence electrons. The second-order valence-electron chi connectivity index (χ2n) is 12.9. The van der Waals surface area contributed by atoms with Crippen molar-refractivity contribution in [3.8, 4) is 39.5 Å². The van der Waals surface area contributed by atoms with Gasteiger partial charge >= 0.3 is 0 Å². The fourth-order valence-corrected chi connectivity index (χ4v) is 7.50. The van der Waals surface area contributed by atoms with Crippen LogP contribution in [0.2, 0.25) is 10.0 Å². The Labute approximate surface area is 300 Å². The van der Waals surface area contributed by atoms with Crippen LogP contribution in [0.1, 0.15) is 36.8 Å². The number of aromatic nitrogens is 3. The van der Waals surface area contributed by atoms with E-state index in [1.54, 1.807) is 7.11 Å². The lowest BCUT2D eigenvalue weighted by Gasteiger charge is -2.15. The molecule has 0 bridgehead atoms. The number of halogens is 2. The number of pyridine rings is 2. The van der Waals surface area contributed by atoms with Crippen LogP contribution in [0.4, 0.5) is 0 Å². The van der Waals surface area contributed by atoms with Gasteiger partial charge in [-0.2, -0.15) is 0 Å². The van der Waals surface area contributed by atoms with E-state index in [1.165, 1.54) is 0 Å². The molecule has 2 aromatic carbocycles. The highest BCUT2D eigenvalue weighted by atomic mass is 35.5. The summed E-state index contributed by atoms with van der Waals surface area (Å²) in [4.78, 5) is 32.9. The molecule has 2 aliphatic rings. The van der Waals surface area contributed by atoms with Crippen molar-refractivity contribution in [3.63, 3.8) is 0 Å². The lowest BCUT2D eigenvalue weighted by molar-refractivity contribution is -0.120. The van der Waals surface area contributed by atoms with Crippen LogP contribution in [0.15, 0.2) is 66.9 Å². The molecular formula is C38H39Cl2N7O3. The number of methoxy groups -OCH3 is 1. The molecule has 0 saturated carbocycles. The smallest absolute Gasteiger partial charge is 0.220 e. The molecular weight excluding hydrogens is 673 g/mol. The van der Waals surface area contributed by atoms with Crippen LogP contribution in [0.3, 0.4) is 0 Å². The van der Waals surface area contributed by atoms with Crippen molar-refractivity contribution in [1.82, 2.24) is 35.8 Å². The Morgan fingerprint density at radius 2 is 1.30 bits per heavy atom. The lowest BCUT2D eigenvalue weighted by atomic mass is 9.98. The Bertz CT molecular complexity index is 2080. The Morgan fingerprint density at radius 1 is 0.760 bits per heavy atom. The van der Waals surface area contributed by atoms with Gasteiger partial charge in [-0.05, 0) is 36.6 Å². The van der Waals surface area contributed by atoms with Gasteiger partial charge in [-0.25, -0.2) is 9.97 Å². The average Bonchev–Trinajstić information content (AvgIpc) is 3.83. The van der Waals surface area contributed by atoms with E-state index in [4.69, 9.17) is 37.9 Å². The Balaban J connectivity index is 1.11. The highest BCUT2D eigenvalue weighted by Crippen LogP contribution is 2.42. The number of rotatable bonds is 12. The molecule has 2 saturated heterocycles. The Hall–Kier alpha value is -4.48. The van der Waals surface area contributed by atoms with Crippen LogP contribution < -0.4 is 26.0 Å². The third-order valence-electron chi connectivity index (χ3n) is 9.46. The van der Waals surface area contributed by atoms with Gasteiger partial charge < -0.3 is 30.6 Å². The first-order chi connectivity index (χ1) is 24.3. The fourth-order valence-electron chi connectivity index (χ4n) is 6.85. The third kappa shape index (κ3) is 7.07. The molecule has 0 spiro atoms. The molecule has 2 atom stereocenters. The number of fused-ring (bicyclic) bond motifs is 1. The number of nitrogens with zero attached hydrogens (tertiary/aromatic N) is 3. The zero-order valence-electron chi connectivity index (χ0n) is 28.0. The molecule has 5 aromatic rings. The quantitative estimate of drug-likeness (QED) is 0.125. The van der Waals surface area contributed by atoms with Gasteiger partial charge in [0, 0.05) is 97.6 Å². The summed E-state index contributed by atoms with van der Waals surface area (Å²) in [6.07, 6.45) is 4.96. The Kier molecular flexibility index (Phi) is 10.1. The van der Waals surface area contributed by atoms with E-state index in [0.29, 0.717) is 54.1 Å². The van der Waals surface area contributed by atoms with Crippen LogP contribution >= 0.6 is 23.2 Å². The highest BCUT2D eigenvalue weighted by Gasteiger charge is 2.22. The van der Waals surface area contributed by atoms with Gasteiger partial charge in [0.25, 0.3) is 0 Å². The molecule has 12 heteroatoms. The summed E-state index contributed by atoms with van der Waals surface area (Å²) in [5.41, 5.74) is 7.50. The summed E-state index contributed by atoms with van der Waals surface area (Å²) < 4.78 is 7.69. The molecule has 4 N–H and O–H groups in total. The van der Waals surface area contributed by atoms with Gasteiger partial charge in [0.05, 0.1) is 28.5 Å². The van der Waals surface area contributed by atoms with Crippen LogP contribution in [-0.2, 0) is 29.7 Å². The lowest BCUT2D eigenvalue weighted by Crippen LogP contribution is -2.35. The number of benzene rings is 2. The van der Waals surface area contributed by atoms with Gasteiger partial charge in [0.2, 0.25) is 17.7 Å². The zero-order valence-corrected chi connectivity index (χ0v) is 29.5. The summed E-state index contributed by atoms with van der Waals surface area (Å²) >= 11 is 14.3. The van der Waals surface area contributed by atoms with Crippen molar-refractivity contribution in [2.75, 3.05) is 20.2 Å². The van der Waals surface area contributed by atoms with E-state index in [-0.39, 0.29) is 23.9 Å². The maximum Gasteiger partial charge on any atom is 0.220 e. The summed E-state index contributed by atoms with van der Waals surface area (Å²) in [6, 6.07) is 20.1. The molecule has 2 aliphatic heterocycles. The predicted octanol–water partition coefficient (Wildman–Crippen LogP) is 6.02. The van der Waals surface area contributed by atoms with E-state index in [2.05, 4.69) is 33.5 Å². The van der Waals surface area contributed by atoms with Crippen molar-refractivity contribution >= 4 is 46.0 Å². The first-order valence-corrected chi connectivity index (χ1v) is 17.6. The normalized spacial score (nSPS) is 17.4. The van der Waals surface area contributed by atoms with Crippen LogP contribution in [-0.4, -0.2) is 58.6 Å².